The minimum Gasteiger partial charge on any atom is -0.115 e. The first-order valence-corrected chi connectivity index (χ1v) is 15.1. The quantitative estimate of drug-likeness (QED) is 0.144. The Bertz CT molecular complexity index is 1390. The van der Waals surface area contributed by atoms with Crippen molar-refractivity contribution in [3.63, 3.8) is 0 Å². The molecule has 202 valence electrons. The molecule has 0 aliphatic heterocycles. The van der Waals surface area contributed by atoms with Gasteiger partial charge in [-0.3, -0.25) is 0 Å². The fraction of sp³-hybridized carbons (Fsp3) is 0.300. The Morgan fingerprint density at radius 3 is 1.95 bits per heavy atom. The lowest BCUT2D eigenvalue weighted by Crippen LogP contribution is -2.23. The van der Waals surface area contributed by atoms with Crippen molar-refractivity contribution in [1.29, 1.82) is 0 Å². The molecule has 0 nitrogen and oxygen atoms in total. The molecule has 0 spiro atoms. The van der Waals surface area contributed by atoms with E-state index in [9.17, 15) is 0 Å². The molecule has 1 saturated carbocycles. The maximum absolute atomic E-state index is 5.55. The first-order chi connectivity index (χ1) is 19.6. The molecular weight excluding hydrogens is 480 g/mol. The smallest absolute Gasteiger partial charge is 0.0242 e. The van der Waals surface area contributed by atoms with E-state index in [0.717, 1.165) is 37.2 Å². The van der Waals surface area contributed by atoms with Gasteiger partial charge in [0, 0.05) is 11.5 Å². The highest BCUT2D eigenvalue weighted by atomic mass is 14.3. The molecule has 5 rings (SSSR count). The van der Waals surface area contributed by atoms with Crippen molar-refractivity contribution in [2.75, 3.05) is 0 Å². The molecule has 4 aromatic carbocycles. The van der Waals surface area contributed by atoms with Crippen molar-refractivity contribution in [3.8, 4) is 23.5 Å². The summed E-state index contributed by atoms with van der Waals surface area (Å²) in [6.07, 6.45) is 15.0. The van der Waals surface area contributed by atoms with Gasteiger partial charge in [0.2, 0.25) is 0 Å². The molecule has 1 aliphatic carbocycles. The zero-order valence-electron chi connectivity index (χ0n) is 24.0. The summed E-state index contributed by atoms with van der Waals surface area (Å²) in [5.74, 6) is 4.55. The summed E-state index contributed by atoms with van der Waals surface area (Å²) in [6.45, 7) is 6.92. The Morgan fingerprint density at radius 1 is 0.750 bits per heavy atom. The van der Waals surface area contributed by atoms with Crippen molar-refractivity contribution in [2.45, 2.75) is 64.2 Å². The van der Waals surface area contributed by atoms with Gasteiger partial charge in [-0.1, -0.05) is 116 Å². The lowest BCUT2D eigenvalue weighted by molar-refractivity contribution is 0.252. The highest BCUT2D eigenvalue weighted by Crippen LogP contribution is 2.44. The van der Waals surface area contributed by atoms with Crippen LogP contribution in [0.25, 0.3) is 11.1 Å². The third-order valence-electron chi connectivity index (χ3n) is 8.99. The van der Waals surface area contributed by atoms with Crippen LogP contribution in [-0.4, -0.2) is 0 Å². The molecule has 1 atom stereocenters. The van der Waals surface area contributed by atoms with Crippen LogP contribution in [0.3, 0.4) is 0 Å². The predicted molar refractivity (Wildman–Crippen MR) is 171 cm³/mol. The van der Waals surface area contributed by atoms with Gasteiger partial charge in [-0.15, -0.1) is 6.42 Å². The molecule has 0 saturated heterocycles. The lowest BCUT2D eigenvalue weighted by atomic mass is 9.69. The first-order valence-electron chi connectivity index (χ1n) is 15.1. The minimum atomic E-state index is 0.413. The van der Waals surface area contributed by atoms with Crippen LogP contribution in [-0.2, 0) is 19.3 Å². The fourth-order valence-corrected chi connectivity index (χ4v) is 6.56. The molecule has 0 aromatic heterocycles. The van der Waals surface area contributed by atoms with Crippen LogP contribution in [0.2, 0.25) is 0 Å². The van der Waals surface area contributed by atoms with E-state index in [4.69, 9.17) is 13.0 Å². The number of terminal acetylenes is 1. The van der Waals surface area contributed by atoms with Crippen molar-refractivity contribution < 1.29 is 0 Å². The van der Waals surface area contributed by atoms with Crippen LogP contribution < -0.4 is 0 Å². The molecule has 4 aromatic rings. The molecule has 0 amide bonds. The average Bonchev–Trinajstić information content (AvgIpc) is 3.02. The second-order valence-corrected chi connectivity index (χ2v) is 11.6. The normalized spacial score (nSPS) is 17.6. The summed E-state index contributed by atoms with van der Waals surface area (Å²) >= 11 is 0. The molecule has 0 N–H and O–H groups in total. The molecular formula is C40H42. The van der Waals surface area contributed by atoms with E-state index in [1.54, 1.807) is 0 Å². The third-order valence-corrected chi connectivity index (χ3v) is 8.99. The van der Waals surface area contributed by atoms with Crippen molar-refractivity contribution in [3.05, 3.63) is 143 Å². The summed E-state index contributed by atoms with van der Waals surface area (Å²) in [6, 6.07) is 37.8. The number of hydrogen-bond acceptors (Lipinski definition) is 0. The van der Waals surface area contributed by atoms with Crippen LogP contribution in [0, 0.1) is 24.2 Å². The van der Waals surface area contributed by atoms with Gasteiger partial charge < -0.3 is 0 Å². The maximum atomic E-state index is 5.55. The van der Waals surface area contributed by atoms with E-state index in [-0.39, 0.29) is 0 Å². The Hall–Kier alpha value is -3.82. The second kappa shape index (κ2) is 13.5. The third kappa shape index (κ3) is 7.03. The Morgan fingerprint density at radius 2 is 1.35 bits per heavy atom. The van der Waals surface area contributed by atoms with Gasteiger partial charge in [0.15, 0.2) is 0 Å². The molecule has 0 heterocycles. The van der Waals surface area contributed by atoms with Crippen LogP contribution >= 0.6 is 0 Å². The van der Waals surface area contributed by atoms with E-state index in [1.807, 2.05) is 0 Å². The Labute approximate surface area is 242 Å². The van der Waals surface area contributed by atoms with Crippen LogP contribution in [0.1, 0.15) is 72.8 Å². The molecule has 40 heavy (non-hydrogen) atoms. The SMILES string of the molecule is C#Cc1ccc(CC2CCC(C(C(=C)CCc3ccccc3)c3ccc(-c4ccc(CC)cc4)cc3)CC2)cc1. The standard InChI is InChI=1S/C40H42/c1-4-31-13-15-34(16-14-31)29-35-19-23-38(24-20-35)40(30(3)11-12-33-9-7-6-8-10-33)39-27-25-37(26-28-39)36-21-17-32(5-2)18-22-36/h1,6-10,13-18,21-22,25-28,35,38,40H,3,5,11-12,19-20,23-24,29H2,2H3. The van der Waals surface area contributed by atoms with Gasteiger partial charge in [-0.25, -0.2) is 0 Å². The fourth-order valence-electron chi connectivity index (χ4n) is 6.56. The van der Waals surface area contributed by atoms with E-state index in [0.29, 0.717) is 11.8 Å². The largest absolute Gasteiger partial charge is 0.115 e. The first kappa shape index (κ1) is 27.7. The van der Waals surface area contributed by atoms with Crippen LogP contribution in [0.4, 0.5) is 0 Å². The van der Waals surface area contributed by atoms with Gasteiger partial charge >= 0.3 is 0 Å². The zero-order valence-corrected chi connectivity index (χ0v) is 24.0. The van der Waals surface area contributed by atoms with Crippen LogP contribution in [0.15, 0.2) is 115 Å². The second-order valence-electron chi connectivity index (χ2n) is 11.6. The molecule has 0 heteroatoms. The monoisotopic (exact) mass is 522 g/mol. The average molecular weight is 523 g/mol. The number of aryl methyl sites for hydroxylation is 2. The summed E-state index contributed by atoms with van der Waals surface area (Å²) in [4.78, 5) is 0. The van der Waals surface area contributed by atoms with E-state index < -0.39 is 0 Å². The summed E-state index contributed by atoms with van der Waals surface area (Å²) in [5, 5.41) is 0. The Kier molecular flexibility index (Phi) is 9.36. The van der Waals surface area contributed by atoms with Gasteiger partial charge in [-0.05, 0) is 109 Å². The van der Waals surface area contributed by atoms with Crippen molar-refractivity contribution >= 4 is 0 Å². The zero-order chi connectivity index (χ0) is 27.7. The van der Waals surface area contributed by atoms with Crippen LogP contribution in [0.5, 0.6) is 0 Å². The molecule has 1 unspecified atom stereocenters. The minimum absolute atomic E-state index is 0.413. The highest BCUT2D eigenvalue weighted by Gasteiger charge is 2.30. The van der Waals surface area contributed by atoms with Crippen molar-refractivity contribution in [1.82, 2.24) is 0 Å². The van der Waals surface area contributed by atoms with Gasteiger partial charge in [-0.2, -0.15) is 0 Å². The number of rotatable bonds is 10. The Balaban J connectivity index is 1.30. The van der Waals surface area contributed by atoms with Gasteiger partial charge in [0.25, 0.3) is 0 Å². The maximum Gasteiger partial charge on any atom is 0.0242 e. The molecule has 0 radical (unpaired) electrons. The summed E-state index contributed by atoms with van der Waals surface area (Å²) in [7, 11) is 0. The number of hydrogen-bond donors (Lipinski definition) is 0. The predicted octanol–water partition coefficient (Wildman–Crippen LogP) is 10.2. The summed E-state index contributed by atoms with van der Waals surface area (Å²) < 4.78 is 0. The van der Waals surface area contributed by atoms with E-state index in [1.165, 1.54) is 64.6 Å². The van der Waals surface area contributed by atoms with E-state index in [2.05, 4.69) is 116 Å². The van der Waals surface area contributed by atoms with Crippen molar-refractivity contribution in [2.24, 2.45) is 11.8 Å². The highest BCUT2D eigenvalue weighted by molar-refractivity contribution is 5.64. The summed E-state index contributed by atoms with van der Waals surface area (Å²) in [5.41, 5.74) is 10.6. The van der Waals surface area contributed by atoms with Gasteiger partial charge in [0.1, 0.15) is 0 Å². The lowest BCUT2D eigenvalue weighted by Gasteiger charge is -2.35. The molecule has 1 fully saturated rings. The van der Waals surface area contributed by atoms with E-state index >= 15 is 0 Å². The van der Waals surface area contributed by atoms with Gasteiger partial charge in [0.05, 0.1) is 0 Å². The topological polar surface area (TPSA) is 0 Å². The number of allylic oxidation sites excluding steroid dienone is 1. The molecule has 1 aliphatic rings. The molecule has 0 bridgehead atoms. The number of benzene rings is 4.